The number of carbonyl (C=O) groups is 2. The molecule has 2 aromatic carbocycles. The van der Waals surface area contributed by atoms with E-state index in [-0.39, 0.29) is 30.8 Å². The molecule has 0 spiro atoms. The van der Waals surface area contributed by atoms with Crippen molar-refractivity contribution in [2.75, 3.05) is 6.61 Å². The molecule has 5 nitrogen and oxygen atoms in total. The largest absolute Gasteiger partial charge is 0.459 e. The second-order valence-electron chi connectivity index (χ2n) is 7.50. The smallest absolute Gasteiger partial charge is 0.338 e. The molecule has 0 saturated carbocycles. The van der Waals surface area contributed by atoms with Gasteiger partial charge < -0.3 is 14.2 Å². The van der Waals surface area contributed by atoms with Crippen molar-refractivity contribution < 1.29 is 23.8 Å². The number of ether oxygens (including phenoxy) is 3. The van der Waals surface area contributed by atoms with E-state index < -0.39 is 5.60 Å². The van der Waals surface area contributed by atoms with Crippen LogP contribution in [0.15, 0.2) is 60.7 Å². The molecule has 148 valence electrons. The Labute approximate surface area is 165 Å². The van der Waals surface area contributed by atoms with E-state index in [0.29, 0.717) is 11.1 Å². The quantitative estimate of drug-likeness (QED) is 0.692. The molecule has 0 unspecified atom stereocenters. The minimum Gasteiger partial charge on any atom is -0.459 e. The summed E-state index contributed by atoms with van der Waals surface area (Å²) in [6, 6.07) is 17.8. The van der Waals surface area contributed by atoms with E-state index in [1.165, 1.54) is 0 Å². The summed E-state index contributed by atoms with van der Waals surface area (Å²) in [5.74, 6) is -0.729. The Morgan fingerprint density at radius 2 is 1.50 bits per heavy atom. The molecule has 0 amide bonds. The Morgan fingerprint density at radius 3 is 2.11 bits per heavy atom. The molecule has 3 rings (SSSR count). The monoisotopic (exact) mass is 382 g/mol. The SMILES string of the molecule is CC(C)(OC(=O)c1ccccc1)[C@@H]1CCC[C@@H](COC(=O)c2ccccc2)O1. The van der Waals surface area contributed by atoms with Crippen LogP contribution in [0.3, 0.4) is 0 Å². The van der Waals surface area contributed by atoms with Crippen molar-refractivity contribution in [3.8, 4) is 0 Å². The highest BCUT2D eigenvalue weighted by Gasteiger charge is 2.38. The summed E-state index contributed by atoms with van der Waals surface area (Å²) in [5.41, 5.74) is 0.251. The summed E-state index contributed by atoms with van der Waals surface area (Å²) in [7, 11) is 0. The lowest BCUT2D eigenvalue weighted by molar-refractivity contribution is -0.154. The van der Waals surface area contributed by atoms with Crippen LogP contribution in [0.25, 0.3) is 0 Å². The highest BCUT2D eigenvalue weighted by Crippen LogP contribution is 2.30. The molecule has 0 aromatic heterocycles. The zero-order chi connectivity index (χ0) is 20.0. The topological polar surface area (TPSA) is 61.8 Å². The Bertz CT molecular complexity index is 785. The fourth-order valence-corrected chi connectivity index (χ4v) is 3.30. The van der Waals surface area contributed by atoms with Crippen molar-refractivity contribution >= 4 is 11.9 Å². The van der Waals surface area contributed by atoms with Gasteiger partial charge in [0.25, 0.3) is 0 Å². The van der Waals surface area contributed by atoms with Gasteiger partial charge in [0.05, 0.1) is 23.3 Å². The molecule has 28 heavy (non-hydrogen) atoms. The highest BCUT2D eigenvalue weighted by molar-refractivity contribution is 5.90. The van der Waals surface area contributed by atoms with Crippen LogP contribution in [0, 0.1) is 0 Å². The molecule has 1 saturated heterocycles. The Morgan fingerprint density at radius 1 is 0.929 bits per heavy atom. The normalized spacial score (nSPS) is 19.6. The average molecular weight is 382 g/mol. The molecule has 1 fully saturated rings. The van der Waals surface area contributed by atoms with Gasteiger partial charge in [-0.15, -0.1) is 0 Å². The molecule has 1 heterocycles. The van der Waals surface area contributed by atoms with Gasteiger partial charge in [-0.05, 0) is 57.4 Å². The summed E-state index contributed by atoms with van der Waals surface area (Å²) in [6.07, 6.45) is 2.06. The first-order chi connectivity index (χ1) is 13.5. The average Bonchev–Trinajstić information content (AvgIpc) is 2.73. The molecule has 5 heteroatoms. The Hall–Kier alpha value is -2.66. The van der Waals surface area contributed by atoms with Crippen molar-refractivity contribution in [3.05, 3.63) is 71.8 Å². The van der Waals surface area contributed by atoms with E-state index in [4.69, 9.17) is 14.2 Å². The molecular weight excluding hydrogens is 356 g/mol. The number of carbonyl (C=O) groups excluding carboxylic acids is 2. The first-order valence-electron chi connectivity index (χ1n) is 9.62. The third-order valence-electron chi connectivity index (χ3n) is 4.90. The van der Waals surface area contributed by atoms with Gasteiger partial charge in [0.2, 0.25) is 0 Å². The third-order valence-corrected chi connectivity index (χ3v) is 4.90. The predicted octanol–water partition coefficient (Wildman–Crippen LogP) is 4.42. The van der Waals surface area contributed by atoms with Crippen molar-refractivity contribution in [3.63, 3.8) is 0 Å². The van der Waals surface area contributed by atoms with Crippen LogP contribution >= 0.6 is 0 Å². The van der Waals surface area contributed by atoms with Crippen molar-refractivity contribution in [2.24, 2.45) is 0 Å². The van der Waals surface area contributed by atoms with E-state index >= 15 is 0 Å². The molecule has 0 radical (unpaired) electrons. The number of benzene rings is 2. The van der Waals surface area contributed by atoms with E-state index in [1.807, 2.05) is 26.0 Å². The number of hydrogen-bond acceptors (Lipinski definition) is 5. The van der Waals surface area contributed by atoms with Gasteiger partial charge in [-0.3, -0.25) is 0 Å². The fraction of sp³-hybridized carbons (Fsp3) is 0.391. The first-order valence-corrected chi connectivity index (χ1v) is 9.62. The van der Waals surface area contributed by atoms with Crippen LogP contribution in [0.1, 0.15) is 53.8 Å². The lowest BCUT2D eigenvalue weighted by atomic mass is 9.92. The van der Waals surface area contributed by atoms with E-state index in [2.05, 4.69) is 0 Å². The third kappa shape index (κ3) is 5.20. The number of hydrogen-bond donors (Lipinski definition) is 0. The summed E-state index contributed by atoms with van der Waals surface area (Å²) in [4.78, 5) is 24.5. The molecule has 2 atom stereocenters. The maximum absolute atomic E-state index is 12.4. The predicted molar refractivity (Wildman–Crippen MR) is 105 cm³/mol. The summed E-state index contributed by atoms with van der Waals surface area (Å²) < 4.78 is 17.3. The van der Waals surface area contributed by atoms with Crippen LogP contribution in [0.2, 0.25) is 0 Å². The van der Waals surface area contributed by atoms with Crippen LogP contribution in [-0.4, -0.2) is 36.4 Å². The maximum atomic E-state index is 12.4. The Kier molecular flexibility index (Phi) is 6.47. The van der Waals surface area contributed by atoms with Gasteiger partial charge in [0.1, 0.15) is 12.2 Å². The van der Waals surface area contributed by atoms with Crippen LogP contribution in [0.5, 0.6) is 0 Å². The molecule has 0 N–H and O–H groups in total. The van der Waals surface area contributed by atoms with Gasteiger partial charge in [-0.1, -0.05) is 36.4 Å². The van der Waals surface area contributed by atoms with Gasteiger partial charge in [-0.25, -0.2) is 9.59 Å². The maximum Gasteiger partial charge on any atom is 0.338 e. The second-order valence-corrected chi connectivity index (χ2v) is 7.50. The van der Waals surface area contributed by atoms with E-state index in [0.717, 1.165) is 19.3 Å². The molecule has 2 aromatic rings. The zero-order valence-corrected chi connectivity index (χ0v) is 16.3. The highest BCUT2D eigenvalue weighted by atomic mass is 16.6. The van der Waals surface area contributed by atoms with Crippen molar-refractivity contribution in [1.29, 1.82) is 0 Å². The van der Waals surface area contributed by atoms with Gasteiger partial charge in [0, 0.05) is 0 Å². The molecule has 0 bridgehead atoms. The standard InChI is InChI=1S/C23H26O5/c1-23(2,28-22(25)18-12-7-4-8-13-18)20-15-9-14-19(27-20)16-26-21(24)17-10-5-3-6-11-17/h3-8,10-13,19-20H,9,14-16H2,1-2H3/t19-,20-/m0/s1. The molecular formula is C23H26O5. The van der Waals surface area contributed by atoms with E-state index in [1.54, 1.807) is 48.5 Å². The first kappa shape index (κ1) is 20.1. The van der Waals surface area contributed by atoms with Crippen LogP contribution in [-0.2, 0) is 14.2 Å². The van der Waals surface area contributed by atoms with E-state index in [9.17, 15) is 9.59 Å². The van der Waals surface area contributed by atoms with Gasteiger partial charge >= 0.3 is 11.9 Å². The number of esters is 2. The summed E-state index contributed by atoms with van der Waals surface area (Å²) in [5, 5.41) is 0. The zero-order valence-electron chi connectivity index (χ0n) is 16.3. The number of rotatable bonds is 6. The van der Waals surface area contributed by atoms with Crippen molar-refractivity contribution in [1.82, 2.24) is 0 Å². The van der Waals surface area contributed by atoms with Crippen molar-refractivity contribution in [2.45, 2.75) is 50.9 Å². The lowest BCUT2D eigenvalue weighted by Gasteiger charge is -2.39. The van der Waals surface area contributed by atoms with Gasteiger partial charge in [-0.2, -0.15) is 0 Å². The van der Waals surface area contributed by atoms with Crippen LogP contribution < -0.4 is 0 Å². The lowest BCUT2D eigenvalue weighted by Crippen LogP contribution is -2.47. The second kappa shape index (κ2) is 9.02. The fourth-order valence-electron chi connectivity index (χ4n) is 3.30. The summed E-state index contributed by atoms with van der Waals surface area (Å²) in [6.45, 7) is 3.90. The van der Waals surface area contributed by atoms with Crippen LogP contribution in [0.4, 0.5) is 0 Å². The Balaban J connectivity index is 1.54. The molecule has 0 aliphatic carbocycles. The van der Waals surface area contributed by atoms with Gasteiger partial charge in [0.15, 0.2) is 0 Å². The summed E-state index contributed by atoms with van der Waals surface area (Å²) >= 11 is 0. The molecule has 1 aliphatic rings. The molecule has 1 aliphatic heterocycles. The minimum atomic E-state index is -0.783. The minimum absolute atomic E-state index is 0.187.